The standard InChI is InChI=1S/C8H11FN2O/c9-6-1-2-7(11-5-6)8(12)3-4-10/h1-2,5,8,12H,3-4,10H2. The molecule has 0 aromatic carbocycles. The van der Waals surface area contributed by atoms with Crippen LogP contribution in [0.15, 0.2) is 18.3 Å². The van der Waals surface area contributed by atoms with E-state index < -0.39 is 11.9 Å². The molecule has 1 unspecified atom stereocenters. The number of halogens is 1. The lowest BCUT2D eigenvalue weighted by Crippen LogP contribution is -2.07. The number of aliphatic hydroxyl groups excluding tert-OH is 1. The second kappa shape index (κ2) is 4.13. The fraction of sp³-hybridized carbons (Fsp3) is 0.375. The topological polar surface area (TPSA) is 59.1 Å². The van der Waals surface area contributed by atoms with Crippen molar-refractivity contribution in [3.05, 3.63) is 29.8 Å². The molecule has 12 heavy (non-hydrogen) atoms. The van der Waals surface area contributed by atoms with Crippen LogP contribution in [0.4, 0.5) is 4.39 Å². The van der Waals surface area contributed by atoms with Gasteiger partial charge in [-0.25, -0.2) is 4.39 Å². The Morgan fingerprint density at radius 2 is 2.33 bits per heavy atom. The SMILES string of the molecule is NCCC(O)c1ccc(F)cn1. The molecule has 0 bridgehead atoms. The van der Waals surface area contributed by atoms with Crippen LogP contribution < -0.4 is 5.73 Å². The van der Waals surface area contributed by atoms with Crippen LogP contribution in [0.5, 0.6) is 0 Å². The normalized spacial score (nSPS) is 12.9. The van der Waals surface area contributed by atoms with E-state index in [4.69, 9.17) is 5.73 Å². The highest BCUT2D eigenvalue weighted by Crippen LogP contribution is 2.12. The minimum atomic E-state index is -0.685. The van der Waals surface area contributed by atoms with Gasteiger partial charge in [0, 0.05) is 0 Å². The molecule has 1 atom stereocenters. The summed E-state index contributed by atoms with van der Waals surface area (Å²) >= 11 is 0. The first-order valence-corrected chi connectivity index (χ1v) is 3.73. The average Bonchev–Trinajstić information content (AvgIpc) is 2.06. The van der Waals surface area contributed by atoms with Crippen molar-refractivity contribution < 1.29 is 9.50 Å². The fourth-order valence-corrected chi connectivity index (χ4v) is 0.890. The van der Waals surface area contributed by atoms with E-state index >= 15 is 0 Å². The number of pyridine rings is 1. The highest BCUT2D eigenvalue weighted by molar-refractivity contribution is 5.07. The Morgan fingerprint density at radius 1 is 1.58 bits per heavy atom. The summed E-state index contributed by atoms with van der Waals surface area (Å²) in [4.78, 5) is 3.72. The molecule has 0 fully saturated rings. The van der Waals surface area contributed by atoms with Crippen molar-refractivity contribution in [3.63, 3.8) is 0 Å². The lowest BCUT2D eigenvalue weighted by molar-refractivity contribution is 0.165. The molecule has 4 heteroatoms. The molecular weight excluding hydrogens is 159 g/mol. The number of nitrogens with two attached hydrogens (primary N) is 1. The van der Waals surface area contributed by atoms with E-state index in [2.05, 4.69) is 4.98 Å². The van der Waals surface area contributed by atoms with Crippen LogP contribution in [0.3, 0.4) is 0 Å². The van der Waals surface area contributed by atoms with Gasteiger partial charge in [0.1, 0.15) is 5.82 Å². The maximum atomic E-state index is 12.4. The zero-order valence-electron chi connectivity index (χ0n) is 6.57. The lowest BCUT2D eigenvalue weighted by Gasteiger charge is -2.07. The van der Waals surface area contributed by atoms with E-state index in [1.807, 2.05) is 0 Å². The molecule has 66 valence electrons. The smallest absolute Gasteiger partial charge is 0.141 e. The van der Waals surface area contributed by atoms with E-state index in [9.17, 15) is 9.50 Å². The first kappa shape index (κ1) is 9.09. The molecule has 0 amide bonds. The third-order valence-electron chi connectivity index (χ3n) is 1.53. The zero-order valence-corrected chi connectivity index (χ0v) is 6.57. The van der Waals surface area contributed by atoms with Crippen molar-refractivity contribution in [2.75, 3.05) is 6.54 Å². The number of aliphatic hydroxyl groups is 1. The molecule has 0 saturated carbocycles. The molecule has 0 aliphatic carbocycles. The molecule has 0 spiro atoms. The molecule has 1 rings (SSSR count). The zero-order chi connectivity index (χ0) is 8.97. The summed E-state index contributed by atoms with van der Waals surface area (Å²) in [5, 5.41) is 9.35. The van der Waals surface area contributed by atoms with Crippen LogP contribution >= 0.6 is 0 Å². The molecular formula is C8H11FN2O. The third kappa shape index (κ3) is 2.25. The van der Waals surface area contributed by atoms with Gasteiger partial charge in [0.15, 0.2) is 0 Å². The third-order valence-corrected chi connectivity index (χ3v) is 1.53. The summed E-state index contributed by atoms with van der Waals surface area (Å²) in [6, 6.07) is 2.72. The van der Waals surface area contributed by atoms with Crippen molar-refractivity contribution in [1.29, 1.82) is 0 Å². The Labute approximate surface area is 70.0 Å². The lowest BCUT2D eigenvalue weighted by atomic mass is 10.2. The first-order valence-electron chi connectivity index (χ1n) is 3.73. The molecule has 3 nitrogen and oxygen atoms in total. The second-order valence-electron chi connectivity index (χ2n) is 2.49. The van der Waals surface area contributed by atoms with Crippen LogP contribution in [0.25, 0.3) is 0 Å². The van der Waals surface area contributed by atoms with Crippen molar-refractivity contribution in [1.82, 2.24) is 4.98 Å². The van der Waals surface area contributed by atoms with Crippen LogP contribution in [0.2, 0.25) is 0 Å². The first-order chi connectivity index (χ1) is 5.74. The quantitative estimate of drug-likeness (QED) is 0.698. The van der Waals surface area contributed by atoms with Crippen LogP contribution in [-0.2, 0) is 0 Å². The highest BCUT2D eigenvalue weighted by Gasteiger charge is 2.06. The largest absolute Gasteiger partial charge is 0.387 e. The van der Waals surface area contributed by atoms with E-state index in [1.54, 1.807) is 0 Å². The van der Waals surface area contributed by atoms with Crippen LogP contribution in [-0.4, -0.2) is 16.6 Å². The summed E-state index contributed by atoms with van der Waals surface area (Å²) < 4.78 is 12.4. The van der Waals surface area contributed by atoms with Gasteiger partial charge in [-0.1, -0.05) is 0 Å². The number of hydrogen-bond donors (Lipinski definition) is 2. The van der Waals surface area contributed by atoms with E-state index in [0.29, 0.717) is 18.7 Å². The molecule has 0 aliphatic heterocycles. The van der Waals surface area contributed by atoms with Crippen molar-refractivity contribution in [3.8, 4) is 0 Å². The predicted molar refractivity (Wildman–Crippen MR) is 42.8 cm³/mol. The van der Waals surface area contributed by atoms with Gasteiger partial charge in [-0.05, 0) is 25.1 Å². The summed E-state index contributed by atoms with van der Waals surface area (Å²) in [5.41, 5.74) is 5.69. The van der Waals surface area contributed by atoms with Gasteiger partial charge in [-0.2, -0.15) is 0 Å². The van der Waals surface area contributed by atoms with Crippen molar-refractivity contribution in [2.45, 2.75) is 12.5 Å². The minimum Gasteiger partial charge on any atom is -0.387 e. The maximum absolute atomic E-state index is 12.4. The highest BCUT2D eigenvalue weighted by atomic mass is 19.1. The summed E-state index contributed by atoms with van der Waals surface area (Å²) in [5.74, 6) is -0.404. The Bertz CT molecular complexity index is 237. The maximum Gasteiger partial charge on any atom is 0.141 e. The van der Waals surface area contributed by atoms with Crippen molar-refractivity contribution in [2.24, 2.45) is 5.73 Å². The van der Waals surface area contributed by atoms with Gasteiger partial charge in [0.25, 0.3) is 0 Å². The number of nitrogens with zero attached hydrogens (tertiary/aromatic N) is 1. The fourth-order valence-electron chi connectivity index (χ4n) is 0.890. The van der Waals surface area contributed by atoms with E-state index in [1.165, 1.54) is 12.1 Å². The average molecular weight is 170 g/mol. The van der Waals surface area contributed by atoms with Gasteiger partial charge >= 0.3 is 0 Å². The van der Waals surface area contributed by atoms with Gasteiger partial charge in [0.2, 0.25) is 0 Å². The Hall–Kier alpha value is -1.00. The Balaban J connectivity index is 2.68. The number of aromatic nitrogens is 1. The molecule has 0 radical (unpaired) electrons. The number of hydrogen-bond acceptors (Lipinski definition) is 3. The Kier molecular flexibility index (Phi) is 3.13. The monoisotopic (exact) mass is 170 g/mol. The van der Waals surface area contributed by atoms with Crippen molar-refractivity contribution >= 4 is 0 Å². The van der Waals surface area contributed by atoms with Gasteiger partial charge < -0.3 is 10.8 Å². The Morgan fingerprint density at radius 3 is 2.83 bits per heavy atom. The van der Waals surface area contributed by atoms with Gasteiger partial charge in [0.05, 0.1) is 18.0 Å². The van der Waals surface area contributed by atoms with Gasteiger partial charge in [-0.3, -0.25) is 4.98 Å². The van der Waals surface area contributed by atoms with E-state index in [-0.39, 0.29) is 0 Å². The minimum absolute atomic E-state index is 0.389. The molecule has 1 heterocycles. The van der Waals surface area contributed by atoms with Gasteiger partial charge in [-0.15, -0.1) is 0 Å². The van der Waals surface area contributed by atoms with Crippen LogP contribution in [0, 0.1) is 5.82 Å². The number of rotatable bonds is 3. The molecule has 0 saturated heterocycles. The molecule has 1 aromatic heterocycles. The van der Waals surface area contributed by atoms with Crippen LogP contribution in [0.1, 0.15) is 18.2 Å². The molecule has 1 aromatic rings. The molecule has 0 aliphatic rings. The summed E-state index contributed by atoms with van der Waals surface area (Å²) in [6.07, 6.45) is 0.837. The van der Waals surface area contributed by atoms with E-state index in [0.717, 1.165) is 6.20 Å². The second-order valence-corrected chi connectivity index (χ2v) is 2.49. The summed E-state index contributed by atoms with van der Waals surface area (Å²) in [7, 11) is 0. The molecule has 3 N–H and O–H groups in total. The predicted octanol–water partition coefficient (Wildman–Crippen LogP) is 0.603. The summed E-state index contributed by atoms with van der Waals surface area (Å²) in [6.45, 7) is 0.389.